The normalized spacial score (nSPS) is 12.3. The third-order valence-corrected chi connectivity index (χ3v) is 3.90. The molecule has 0 aliphatic rings. The molecule has 21 heavy (non-hydrogen) atoms. The lowest BCUT2D eigenvalue weighted by Crippen LogP contribution is -2.33. The molecule has 2 rings (SSSR count). The molecule has 0 fully saturated rings. The average molecular weight is 323 g/mol. The van der Waals surface area contributed by atoms with Gasteiger partial charge in [0.2, 0.25) is 6.10 Å². The van der Waals surface area contributed by atoms with E-state index in [4.69, 9.17) is 16.4 Å². The highest BCUT2D eigenvalue weighted by Crippen LogP contribution is 2.14. The number of amides is 1. The molecular formula is C15H15ClN2O2S. The Labute approximate surface area is 132 Å². The first kappa shape index (κ1) is 15.5. The summed E-state index contributed by atoms with van der Waals surface area (Å²) in [7, 11) is 0. The zero-order valence-corrected chi connectivity index (χ0v) is 13.0. The molecule has 0 radical (unpaired) electrons. The maximum absolute atomic E-state index is 11.9. The van der Waals surface area contributed by atoms with Gasteiger partial charge in [-0.1, -0.05) is 41.0 Å². The second-order valence-corrected chi connectivity index (χ2v) is 5.69. The van der Waals surface area contributed by atoms with Gasteiger partial charge >= 0.3 is 0 Å². The summed E-state index contributed by atoms with van der Waals surface area (Å²) in [5.41, 5.74) is 0.863. The molecule has 2 aromatic rings. The van der Waals surface area contributed by atoms with E-state index in [0.717, 1.165) is 10.4 Å². The Hall–Kier alpha value is -1.85. The molecular weight excluding hydrogens is 308 g/mol. The molecule has 1 amide bonds. The van der Waals surface area contributed by atoms with Crippen LogP contribution in [0.3, 0.4) is 0 Å². The molecule has 0 saturated heterocycles. The molecule has 0 spiro atoms. The van der Waals surface area contributed by atoms with Crippen LogP contribution in [0.25, 0.3) is 0 Å². The SMILES string of the molecule is CC(O/N=C/c1cccs1)C(=O)NCc1ccccc1Cl. The van der Waals surface area contributed by atoms with Gasteiger partial charge in [0, 0.05) is 16.4 Å². The first-order chi connectivity index (χ1) is 10.2. The molecule has 0 saturated carbocycles. The van der Waals surface area contributed by atoms with Gasteiger partial charge in [0.05, 0.1) is 6.21 Å². The van der Waals surface area contributed by atoms with Crippen molar-refractivity contribution < 1.29 is 9.63 Å². The predicted octanol–water partition coefficient (Wildman–Crippen LogP) is 3.46. The van der Waals surface area contributed by atoms with Gasteiger partial charge in [0.15, 0.2) is 0 Å². The van der Waals surface area contributed by atoms with Crippen molar-refractivity contribution in [1.29, 1.82) is 0 Å². The van der Waals surface area contributed by atoms with Gasteiger partial charge in [-0.2, -0.15) is 0 Å². The third kappa shape index (κ3) is 4.88. The molecule has 110 valence electrons. The Kier molecular flexibility index (Phi) is 5.78. The van der Waals surface area contributed by atoms with Crippen LogP contribution in [0.15, 0.2) is 46.9 Å². The summed E-state index contributed by atoms with van der Waals surface area (Å²) in [6.07, 6.45) is 0.923. The minimum atomic E-state index is -0.663. The molecule has 1 N–H and O–H groups in total. The van der Waals surface area contributed by atoms with E-state index in [9.17, 15) is 4.79 Å². The summed E-state index contributed by atoms with van der Waals surface area (Å²) in [6.45, 7) is 2.01. The minimum Gasteiger partial charge on any atom is -0.383 e. The number of halogens is 1. The van der Waals surface area contributed by atoms with Gasteiger partial charge in [0.25, 0.3) is 5.91 Å². The quantitative estimate of drug-likeness (QED) is 0.654. The van der Waals surface area contributed by atoms with Crippen LogP contribution in [0, 0.1) is 0 Å². The van der Waals surface area contributed by atoms with Crippen LogP contribution >= 0.6 is 22.9 Å². The third-order valence-electron chi connectivity index (χ3n) is 2.72. The maximum atomic E-state index is 11.9. The van der Waals surface area contributed by atoms with E-state index in [0.29, 0.717) is 11.6 Å². The van der Waals surface area contributed by atoms with Crippen molar-refractivity contribution in [3.63, 3.8) is 0 Å². The van der Waals surface area contributed by atoms with Crippen molar-refractivity contribution in [2.45, 2.75) is 19.6 Å². The van der Waals surface area contributed by atoms with Crippen LogP contribution in [0.4, 0.5) is 0 Å². The van der Waals surface area contributed by atoms with Gasteiger partial charge in [0.1, 0.15) is 0 Å². The van der Waals surface area contributed by atoms with Gasteiger partial charge in [-0.05, 0) is 30.0 Å². The Bertz CT molecular complexity index is 614. The fourth-order valence-corrected chi connectivity index (χ4v) is 2.33. The van der Waals surface area contributed by atoms with Gasteiger partial charge in [-0.3, -0.25) is 4.79 Å². The summed E-state index contributed by atoms with van der Waals surface area (Å²) in [6, 6.07) is 11.2. The molecule has 1 heterocycles. The molecule has 1 unspecified atom stereocenters. The van der Waals surface area contributed by atoms with Gasteiger partial charge in [-0.15, -0.1) is 11.3 Å². The van der Waals surface area contributed by atoms with Crippen molar-refractivity contribution >= 4 is 35.1 Å². The van der Waals surface area contributed by atoms with Crippen LogP contribution in [0.2, 0.25) is 5.02 Å². The average Bonchev–Trinajstić information content (AvgIpc) is 2.99. The molecule has 0 aliphatic heterocycles. The van der Waals surface area contributed by atoms with E-state index in [-0.39, 0.29) is 5.91 Å². The van der Waals surface area contributed by atoms with E-state index in [1.165, 1.54) is 0 Å². The molecule has 0 bridgehead atoms. The number of oxime groups is 1. The lowest BCUT2D eigenvalue weighted by atomic mass is 10.2. The van der Waals surface area contributed by atoms with Gasteiger partial charge in [-0.25, -0.2) is 0 Å². The smallest absolute Gasteiger partial charge is 0.263 e. The molecule has 1 aromatic carbocycles. The molecule has 4 nitrogen and oxygen atoms in total. The number of nitrogens with zero attached hydrogens (tertiary/aromatic N) is 1. The second kappa shape index (κ2) is 7.81. The molecule has 0 aliphatic carbocycles. The highest BCUT2D eigenvalue weighted by molar-refractivity contribution is 7.11. The second-order valence-electron chi connectivity index (χ2n) is 4.31. The van der Waals surface area contributed by atoms with E-state index in [1.807, 2.05) is 35.7 Å². The summed E-state index contributed by atoms with van der Waals surface area (Å²) >= 11 is 7.57. The van der Waals surface area contributed by atoms with E-state index < -0.39 is 6.10 Å². The van der Waals surface area contributed by atoms with Gasteiger partial charge < -0.3 is 10.2 Å². The van der Waals surface area contributed by atoms with Crippen LogP contribution in [0.5, 0.6) is 0 Å². The highest BCUT2D eigenvalue weighted by atomic mass is 35.5. The highest BCUT2D eigenvalue weighted by Gasteiger charge is 2.13. The zero-order chi connectivity index (χ0) is 15.1. The fraction of sp³-hybridized carbons (Fsp3) is 0.200. The van der Waals surface area contributed by atoms with Crippen molar-refractivity contribution in [2.75, 3.05) is 0 Å². The summed E-state index contributed by atoms with van der Waals surface area (Å²) in [5, 5.41) is 9.14. The molecule has 1 atom stereocenters. The number of nitrogens with one attached hydrogen (secondary N) is 1. The lowest BCUT2D eigenvalue weighted by Gasteiger charge is -2.11. The fourth-order valence-electron chi connectivity index (χ4n) is 1.55. The Morgan fingerprint density at radius 2 is 2.24 bits per heavy atom. The van der Waals surface area contributed by atoms with Crippen molar-refractivity contribution in [3.8, 4) is 0 Å². The van der Waals surface area contributed by atoms with Crippen molar-refractivity contribution in [1.82, 2.24) is 5.32 Å². The van der Waals surface area contributed by atoms with Crippen LogP contribution < -0.4 is 5.32 Å². The number of carbonyl (C=O) groups is 1. The predicted molar refractivity (Wildman–Crippen MR) is 85.8 cm³/mol. The van der Waals surface area contributed by atoms with E-state index in [2.05, 4.69) is 10.5 Å². The van der Waals surface area contributed by atoms with E-state index >= 15 is 0 Å². The largest absolute Gasteiger partial charge is 0.383 e. The number of thiophene rings is 1. The first-order valence-electron chi connectivity index (χ1n) is 6.40. The molecule has 1 aromatic heterocycles. The summed E-state index contributed by atoms with van der Waals surface area (Å²) in [4.78, 5) is 18.0. The van der Waals surface area contributed by atoms with Crippen LogP contribution in [-0.2, 0) is 16.2 Å². The molecule has 6 heteroatoms. The topological polar surface area (TPSA) is 50.7 Å². The number of hydrogen-bond donors (Lipinski definition) is 1. The monoisotopic (exact) mass is 322 g/mol. The number of rotatable bonds is 6. The minimum absolute atomic E-state index is 0.238. The maximum Gasteiger partial charge on any atom is 0.263 e. The van der Waals surface area contributed by atoms with Crippen molar-refractivity contribution in [2.24, 2.45) is 5.16 Å². The standard InChI is InChI=1S/C15H15ClN2O2S/c1-11(20-18-10-13-6-4-8-21-13)15(19)17-9-12-5-2-3-7-14(12)16/h2-8,10-11H,9H2,1H3,(H,17,19)/b18-10+. The Morgan fingerprint density at radius 3 is 2.95 bits per heavy atom. The lowest BCUT2D eigenvalue weighted by molar-refractivity contribution is -0.131. The van der Waals surface area contributed by atoms with E-state index in [1.54, 1.807) is 30.5 Å². The summed E-state index contributed by atoms with van der Waals surface area (Å²) < 4.78 is 0. The number of carbonyl (C=O) groups excluding carboxylic acids is 1. The van der Waals surface area contributed by atoms with Crippen molar-refractivity contribution in [3.05, 3.63) is 57.2 Å². The Morgan fingerprint density at radius 1 is 1.43 bits per heavy atom. The zero-order valence-electron chi connectivity index (χ0n) is 11.5. The Balaban J connectivity index is 1.79. The first-order valence-corrected chi connectivity index (χ1v) is 7.66. The van der Waals surface area contributed by atoms with Crippen LogP contribution in [0.1, 0.15) is 17.4 Å². The number of hydrogen-bond acceptors (Lipinski definition) is 4. The number of benzene rings is 1. The van der Waals surface area contributed by atoms with Crippen LogP contribution in [-0.4, -0.2) is 18.2 Å². The summed E-state index contributed by atoms with van der Waals surface area (Å²) in [5.74, 6) is -0.238.